The van der Waals surface area contributed by atoms with Crippen molar-refractivity contribution in [1.29, 1.82) is 0 Å². The summed E-state index contributed by atoms with van der Waals surface area (Å²) in [7, 11) is 1.27. The Hall–Kier alpha value is -2.32. The zero-order valence-electron chi connectivity index (χ0n) is 17.0. The molecule has 1 aliphatic heterocycles. The Kier molecular flexibility index (Phi) is 8.07. The SMILES string of the molecule is COC(=O)C(NC(=O)OC(C)(C)C)c1ccc(OCCN2CCOCC2)cc1. The van der Waals surface area contributed by atoms with Gasteiger partial charge in [-0.2, -0.15) is 0 Å². The van der Waals surface area contributed by atoms with Crippen molar-refractivity contribution in [3.63, 3.8) is 0 Å². The van der Waals surface area contributed by atoms with E-state index in [4.69, 9.17) is 18.9 Å². The summed E-state index contributed by atoms with van der Waals surface area (Å²) >= 11 is 0. The topological polar surface area (TPSA) is 86.3 Å². The molecule has 2 rings (SSSR count). The number of alkyl carbamates (subject to hydrolysis) is 1. The minimum absolute atomic E-state index is 0.565. The lowest BCUT2D eigenvalue weighted by Crippen LogP contribution is -2.38. The molecule has 0 spiro atoms. The predicted octanol–water partition coefficient (Wildman–Crippen LogP) is 2.14. The van der Waals surface area contributed by atoms with Gasteiger partial charge in [-0.1, -0.05) is 12.1 Å². The van der Waals surface area contributed by atoms with Crippen LogP contribution in [0.1, 0.15) is 32.4 Å². The average molecular weight is 394 g/mol. The summed E-state index contributed by atoms with van der Waals surface area (Å²) in [5, 5.41) is 2.55. The highest BCUT2D eigenvalue weighted by Crippen LogP contribution is 2.20. The van der Waals surface area contributed by atoms with Crippen molar-refractivity contribution in [2.75, 3.05) is 46.6 Å². The van der Waals surface area contributed by atoms with Crippen molar-refractivity contribution in [2.45, 2.75) is 32.4 Å². The van der Waals surface area contributed by atoms with E-state index in [2.05, 4.69) is 10.2 Å². The van der Waals surface area contributed by atoms with E-state index < -0.39 is 23.7 Å². The highest BCUT2D eigenvalue weighted by molar-refractivity contribution is 5.82. The lowest BCUT2D eigenvalue weighted by Gasteiger charge is -2.26. The van der Waals surface area contributed by atoms with Crippen LogP contribution in [0.4, 0.5) is 4.79 Å². The van der Waals surface area contributed by atoms with Crippen LogP contribution in [0.5, 0.6) is 5.75 Å². The molecule has 1 unspecified atom stereocenters. The van der Waals surface area contributed by atoms with Crippen LogP contribution in [0, 0.1) is 0 Å². The summed E-state index contributed by atoms with van der Waals surface area (Å²) in [6.07, 6.45) is -0.686. The first kappa shape index (κ1) is 22.0. The molecule has 1 amide bonds. The molecular weight excluding hydrogens is 364 g/mol. The first-order valence-electron chi connectivity index (χ1n) is 9.39. The number of nitrogens with one attached hydrogen (secondary N) is 1. The first-order valence-corrected chi connectivity index (χ1v) is 9.39. The number of hydrogen-bond acceptors (Lipinski definition) is 7. The van der Waals surface area contributed by atoms with Gasteiger partial charge in [-0.3, -0.25) is 4.90 Å². The van der Waals surface area contributed by atoms with Crippen LogP contribution in [0.2, 0.25) is 0 Å². The normalized spacial score (nSPS) is 16.1. The molecule has 1 heterocycles. The maximum Gasteiger partial charge on any atom is 0.408 e. The van der Waals surface area contributed by atoms with E-state index in [-0.39, 0.29) is 0 Å². The van der Waals surface area contributed by atoms with Gasteiger partial charge in [-0.05, 0) is 38.5 Å². The van der Waals surface area contributed by atoms with Gasteiger partial charge in [0.05, 0.1) is 20.3 Å². The number of benzene rings is 1. The lowest BCUT2D eigenvalue weighted by molar-refractivity contribution is -0.143. The molecule has 0 bridgehead atoms. The van der Waals surface area contributed by atoms with Crippen LogP contribution < -0.4 is 10.1 Å². The van der Waals surface area contributed by atoms with Crippen molar-refractivity contribution < 1.29 is 28.5 Å². The molecule has 1 fully saturated rings. The number of amides is 1. The molecule has 1 aromatic carbocycles. The minimum atomic E-state index is -0.956. The number of methoxy groups -OCH3 is 1. The fourth-order valence-corrected chi connectivity index (χ4v) is 2.70. The average Bonchev–Trinajstić information content (AvgIpc) is 2.66. The van der Waals surface area contributed by atoms with Crippen molar-refractivity contribution in [1.82, 2.24) is 10.2 Å². The Balaban J connectivity index is 1.92. The van der Waals surface area contributed by atoms with E-state index in [1.54, 1.807) is 45.0 Å². The second-order valence-electron chi connectivity index (χ2n) is 7.47. The highest BCUT2D eigenvalue weighted by Gasteiger charge is 2.26. The van der Waals surface area contributed by atoms with Crippen molar-refractivity contribution >= 4 is 12.1 Å². The number of morpholine rings is 1. The van der Waals surface area contributed by atoms with E-state index in [1.807, 2.05) is 0 Å². The van der Waals surface area contributed by atoms with Gasteiger partial charge in [0.15, 0.2) is 6.04 Å². The second-order valence-corrected chi connectivity index (χ2v) is 7.47. The molecule has 1 saturated heterocycles. The smallest absolute Gasteiger partial charge is 0.408 e. The Morgan fingerprint density at radius 2 is 1.82 bits per heavy atom. The number of rotatable bonds is 7. The lowest BCUT2D eigenvalue weighted by atomic mass is 10.1. The Labute approximate surface area is 166 Å². The maximum atomic E-state index is 12.1. The van der Waals surface area contributed by atoms with Crippen LogP contribution in [0.15, 0.2) is 24.3 Å². The van der Waals surface area contributed by atoms with E-state index in [1.165, 1.54) is 7.11 Å². The summed E-state index contributed by atoms with van der Waals surface area (Å²) in [6.45, 7) is 10.0. The third-order valence-corrected chi connectivity index (χ3v) is 4.09. The standard InChI is InChI=1S/C20H30N2O6/c1-20(2,3)28-19(24)21-17(18(23)25-4)15-5-7-16(8-6-15)27-14-11-22-9-12-26-13-10-22/h5-8,17H,9-14H2,1-4H3,(H,21,24). The molecule has 0 aliphatic carbocycles. The highest BCUT2D eigenvalue weighted by atomic mass is 16.6. The first-order chi connectivity index (χ1) is 13.3. The van der Waals surface area contributed by atoms with Gasteiger partial charge < -0.3 is 24.3 Å². The molecule has 1 aliphatic rings. The number of hydrogen-bond donors (Lipinski definition) is 1. The number of ether oxygens (including phenoxy) is 4. The van der Waals surface area contributed by atoms with Gasteiger partial charge in [0, 0.05) is 19.6 Å². The van der Waals surface area contributed by atoms with Gasteiger partial charge in [-0.15, -0.1) is 0 Å². The molecule has 0 radical (unpaired) electrons. The van der Waals surface area contributed by atoms with Gasteiger partial charge in [0.25, 0.3) is 0 Å². The van der Waals surface area contributed by atoms with Crippen LogP contribution >= 0.6 is 0 Å². The number of esters is 1. The largest absolute Gasteiger partial charge is 0.492 e. The van der Waals surface area contributed by atoms with Gasteiger partial charge >= 0.3 is 12.1 Å². The summed E-state index contributed by atoms with van der Waals surface area (Å²) in [5.74, 6) is 0.115. The fraction of sp³-hybridized carbons (Fsp3) is 0.600. The second kappa shape index (κ2) is 10.3. The van der Waals surface area contributed by atoms with E-state index >= 15 is 0 Å². The monoisotopic (exact) mass is 394 g/mol. The van der Waals surface area contributed by atoms with Crippen molar-refractivity contribution in [3.8, 4) is 5.75 Å². The third-order valence-electron chi connectivity index (χ3n) is 4.09. The van der Waals surface area contributed by atoms with Gasteiger partial charge in [0.2, 0.25) is 0 Å². The van der Waals surface area contributed by atoms with Crippen LogP contribution in [0.25, 0.3) is 0 Å². The zero-order valence-corrected chi connectivity index (χ0v) is 17.0. The molecule has 0 saturated carbocycles. The van der Waals surface area contributed by atoms with E-state index in [0.717, 1.165) is 32.8 Å². The molecule has 0 aromatic heterocycles. The zero-order chi connectivity index (χ0) is 20.6. The Bertz CT molecular complexity index is 635. The van der Waals surface area contributed by atoms with Gasteiger partial charge in [0.1, 0.15) is 18.0 Å². The number of carbonyl (C=O) groups excluding carboxylic acids is 2. The maximum absolute atomic E-state index is 12.1. The molecular formula is C20H30N2O6. The van der Waals surface area contributed by atoms with Crippen molar-refractivity contribution in [2.24, 2.45) is 0 Å². The Morgan fingerprint density at radius 1 is 1.18 bits per heavy atom. The predicted molar refractivity (Wildman–Crippen MR) is 103 cm³/mol. The van der Waals surface area contributed by atoms with Crippen LogP contribution in [0.3, 0.4) is 0 Å². The quantitative estimate of drug-likeness (QED) is 0.709. The van der Waals surface area contributed by atoms with Crippen LogP contribution in [-0.4, -0.2) is 69.1 Å². The molecule has 156 valence electrons. The van der Waals surface area contributed by atoms with E-state index in [0.29, 0.717) is 17.9 Å². The molecule has 8 nitrogen and oxygen atoms in total. The third kappa shape index (κ3) is 7.36. The van der Waals surface area contributed by atoms with E-state index in [9.17, 15) is 9.59 Å². The van der Waals surface area contributed by atoms with Gasteiger partial charge in [-0.25, -0.2) is 9.59 Å². The summed E-state index contributed by atoms with van der Waals surface area (Å²) in [4.78, 5) is 26.4. The summed E-state index contributed by atoms with van der Waals surface area (Å²) in [6, 6.07) is 6.02. The van der Waals surface area contributed by atoms with Crippen molar-refractivity contribution in [3.05, 3.63) is 29.8 Å². The molecule has 1 atom stereocenters. The molecule has 28 heavy (non-hydrogen) atoms. The minimum Gasteiger partial charge on any atom is -0.492 e. The number of carbonyl (C=O) groups is 2. The molecule has 8 heteroatoms. The summed E-state index contributed by atoms with van der Waals surface area (Å²) in [5.41, 5.74) is -0.0821. The number of nitrogens with zero attached hydrogens (tertiary/aromatic N) is 1. The summed E-state index contributed by atoms with van der Waals surface area (Å²) < 4.78 is 21.1. The fourth-order valence-electron chi connectivity index (χ4n) is 2.70. The molecule has 1 aromatic rings. The Morgan fingerprint density at radius 3 is 2.39 bits per heavy atom. The molecule has 1 N–H and O–H groups in total. The van der Waals surface area contributed by atoms with Crippen LogP contribution in [-0.2, 0) is 19.0 Å².